The number of ether oxygens (including phenoxy) is 1. The van der Waals surface area contributed by atoms with Crippen molar-refractivity contribution in [3.8, 4) is 0 Å². The zero-order valence-corrected chi connectivity index (χ0v) is 13.5. The maximum atomic E-state index is 12.8. The summed E-state index contributed by atoms with van der Waals surface area (Å²) in [6, 6.07) is 7.56. The van der Waals surface area contributed by atoms with Gasteiger partial charge in [-0.05, 0) is 24.3 Å². The molecule has 0 aromatic heterocycles. The second-order valence-electron chi connectivity index (χ2n) is 5.90. The van der Waals surface area contributed by atoms with E-state index in [0.29, 0.717) is 18.9 Å². The third-order valence-electron chi connectivity index (χ3n) is 4.18. The molecule has 8 heteroatoms. The van der Waals surface area contributed by atoms with Crippen LogP contribution in [0.25, 0.3) is 0 Å². The molecular weight excluding hydrogens is 323 g/mol. The Morgan fingerprint density at radius 2 is 1.74 bits per heavy atom. The monoisotopic (exact) mass is 342 g/mol. The van der Waals surface area contributed by atoms with Crippen LogP contribution < -0.4 is 9.80 Å². The van der Waals surface area contributed by atoms with Gasteiger partial charge in [0.05, 0.1) is 19.0 Å². The van der Waals surface area contributed by atoms with E-state index < -0.39 is 21.9 Å². The summed E-state index contributed by atoms with van der Waals surface area (Å²) in [7, 11) is -4.56. The molecule has 3 rings (SSSR count). The van der Waals surface area contributed by atoms with Crippen LogP contribution in [0.3, 0.4) is 0 Å². The summed E-state index contributed by atoms with van der Waals surface area (Å²) >= 11 is 0. The Kier molecular flexibility index (Phi) is 4.54. The van der Waals surface area contributed by atoms with Crippen LogP contribution >= 0.6 is 0 Å². The van der Waals surface area contributed by atoms with E-state index in [-0.39, 0.29) is 18.9 Å². The Morgan fingerprint density at radius 3 is 2.35 bits per heavy atom. The lowest BCUT2D eigenvalue weighted by Gasteiger charge is -2.29. The van der Waals surface area contributed by atoms with Crippen LogP contribution in [0.4, 0.5) is 15.3 Å². The van der Waals surface area contributed by atoms with E-state index in [9.17, 15) is 17.1 Å². The molecule has 2 saturated heterocycles. The SMILES string of the molecule is O=C1CC(CS(=O)(=O)F)CN1c1ccc(N2CCOCC2)cc1. The van der Waals surface area contributed by atoms with Crippen LogP contribution in [0, 0.1) is 5.92 Å². The van der Waals surface area contributed by atoms with Crippen molar-refractivity contribution in [1.29, 1.82) is 0 Å². The fourth-order valence-corrected chi connectivity index (χ4v) is 3.88. The Labute approximate surface area is 135 Å². The van der Waals surface area contributed by atoms with Gasteiger partial charge in [-0.25, -0.2) is 0 Å². The summed E-state index contributed by atoms with van der Waals surface area (Å²) in [5, 5.41) is 0. The number of carbonyl (C=O) groups is 1. The van der Waals surface area contributed by atoms with Gasteiger partial charge in [0.2, 0.25) is 5.91 Å². The number of amides is 1. The van der Waals surface area contributed by atoms with Gasteiger partial charge >= 0.3 is 10.2 Å². The molecule has 1 aromatic carbocycles. The molecule has 2 heterocycles. The van der Waals surface area contributed by atoms with Crippen molar-refractivity contribution in [1.82, 2.24) is 0 Å². The molecule has 2 fully saturated rings. The summed E-state index contributed by atoms with van der Waals surface area (Å²) in [6.07, 6.45) is 0.0639. The van der Waals surface area contributed by atoms with Crippen molar-refractivity contribution < 1.29 is 21.8 Å². The van der Waals surface area contributed by atoms with Gasteiger partial charge in [-0.2, -0.15) is 8.42 Å². The number of anilines is 2. The standard InChI is InChI=1S/C15H19FN2O4S/c16-23(20,21)11-12-9-15(19)18(10-12)14-3-1-13(2-4-14)17-5-7-22-8-6-17/h1-4,12H,5-11H2. The van der Waals surface area contributed by atoms with Crippen LogP contribution in [0.2, 0.25) is 0 Å². The van der Waals surface area contributed by atoms with Crippen molar-refractivity contribution in [2.24, 2.45) is 5.92 Å². The van der Waals surface area contributed by atoms with E-state index in [4.69, 9.17) is 4.74 Å². The van der Waals surface area contributed by atoms with Crippen LogP contribution in [0.15, 0.2) is 24.3 Å². The molecule has 0 N–H and O–H groups in total. The topological polar surface area (TPSA) is 66.9 Å². The Morgan fingerprint density at radius 1 is 1.13 bits per heavy atom. The first kappa shape index (κ1) is 16.2. The molecule has 2 aliphatic heterocycles. The molecule has 0 radical (unpaired) electrons. The average Bonchev–Trinajstić information content (AvgIpc) is 2.87. The first-order valence-electron chi connectivity index (χ1n) is 7.58. The number of nitrogens with zero attached hydrogens (tertiary/aromatic N) is 2. The van der Waals surface area contributed by atoms with Gasteiger partial charge in [0.1, 0.15) is 0 Å². The Hall–Kier alpha value is -1.67. The van der Waals surface area contributed by atoms with Gasteiger partial charge in [0.15, 0.2) is 0 Å². The maximum Gasteiger partial charge on any atom is 0.302 e. The minimum absolute atomic E-state index is 0.0639. The normalized spacial score (nSPS) is 22.7. The molecule has 6 nitrogen and oxygen atoms in total. The van der Waals surface area contributed by atoms with Crippen molar-refractivity contribution in [3.05, 3.63) is 24.3 Å². The van der Waals surface area contributed by atoms with E-state index in [2.05, 4.69) is 4.90 Å². The molecule has 0 bridgehead atoms. The molecule has 126 valence electrons. The van der Waals surface area contributed by atoms with Gasteiger partial charge in [-0.1, -0.05) is 0 Å². The molecule has 1 amide bonds. The number of halogens is 1. The number of benzene rings is 1. The lowest BCUT2D eigenvalue weighted by Crippen LogP contribution is -2.36. The molecule has 1 atom stereocenters. The molecule has 1 unspecified atom stereocenters. The summed E-state index contributed by atoms with van der Waals surface area (Å²) < 4.78 is 39.6. The largest absolute Gasteiger partial charge is 0.378 e. The fraction of sp³-hybridized carbons (Fsp3) is 0.533. The Bertz CT molecular complexity index is 671. The molecule has 0 saturated carbocycles. The quantitative estimate of drug-likeness (QED) is 0.769. The van der Waals surface area contributed by atoms with Gasteiger partial charge in [-0.3, -0.25) is 4.79 Å². The maximum absolute atomic E-state index is 12.8. The number of carbonyl (C=O) groups excluding carboxylic acids is 1. The first-order valence-corrected chi connectivity index (χ1v) is 9.13. The second-order valence-corrected chi connectivity index (χ2v) is 7.31. The zero-order chi connectivity index (χ0) is 16.4. The highest BCUT2D eigenvalue weighted by Crippen LogP contribution is 2.28. The molecule has 1 aromatic rings. The minimum atomic E-state index is -4.56. The highest BCUT2D eigenvalue weighted by molar-refractivity contribution is 7.86. The molecule has 0 spiro atoms. The lowest BCUT2D eigenvalue weighted by atomic mass is 10.1. The van der Waals surface area contributed by atoms with E-state index in [1.165, 1.54) is 4.90 Å². The van der Waals surface area contributed by atoms with Gasteiger partial charge in [0.25, 0.3) is 0 Å². The van der Waals surface area contributed by atoms with Gasteiger partial charge in [-0.15, -0.1) is 3.89 Å². The summed E-state index contributed by atoms with van der Waals surface area (Å²) in [4.78, 5) is 15.8. The predicted octanol–water partition coefficient (Wildman–Crippen LogP) is 1.18. The third kappa shape index (κ3) is 4.00. The number of hydrogen-bond acceptors (Lipinski definition) is 5. The van der Waals surface area contributed by atoms with Crippen LogP contribution in [0.1, 0.15) is 6.42 Å². The fourth-order valence-electron chi connectivity index (χ4n) is 3.09. The number of morpholine rings is 1. The van der Waals surface area contributed by atoms with Crippen LogP contribution in [-0.2, 0) is 19.8 Å². The van der Waals surface area contributed by atoms with Gasteiger partial charge in [0, 0.05) is 43.3 Å². The second kappa shape index (κ2) is 6.45. The zero-order valence-electron chi connectivity index (χ0n) is 12.7. The number of rotatable bonds is 4. The lowest BCUT2D eigenvalue weighted by molar-refractivity contribution is -0.117. The molecular formula is C15H19FN2O4S. The van der Waals surface area contributed by atoms with Gasteiger partial charge < -0.3 is 14.5 Å². The van der Waals surface area contributed by atoms with Crippen LogP contribution in [0.5, 0.6) is 0 Å². The average molecular weight is 342 g/mol. The summed E-state index contributed by atoms with van der Waals surface area (Å²) in [6.45, 7) is 3.30. The molecule has 0 aliphatic carbocycles. The van der Waals surface area contributed by atoms with E-state index in [1.807, 2.05) is 24.3 Å². The number of hydrogen-bond donors (Lipinski definition) is 0. The highest BCUT2D eigenvalue weighted by Gasteiger charge is 2.33. The third-order valence-corrected chi connectivity index (χ3v) is 5.05. The summed E-state index contributed by atoms with van der Waals surface area (Å²) in [5.41, 5.74) is 1.78. The summed E-state index contributed by atoms with van der Waals surface area (Å²) in [5.74, 6) is -1.25. The van der Waals surface area contributed by atoms with Crippen molar-refractivity contribution >= 4 is 27.5 Å². The van der Waals surface area contributed by atoms with E-state index in [1.54, 1.807) is 0 Å². The molecule has 23 heavy (non-hydrogen) atoms. The van der Waals surface area contributed by atoms with Crippen molar-refractivity contribution in [2.45, 2.75) is 6.42 Å². The van der Waals surface area contributed by atoms with E-state index >= 15 is 0 Å². The smallest absolute Gasteiger partial charge is 0.302 e. The van der Waals surface area contributed by atoms with Crippen molar-refractivity contribution in [2.75, 3.05) is 48.4 Å². The highest BCUT2D eigenvalue weighted by atomic mass is 32.3. The molecule has 2 aliphatic rings. The van der Waals surface area contributed by atoms with Crippen molar-refractivity contribution in [3.63, 3.8) is 0 Å². The van der Waals surface area contributed by atoms with Crippen LogP contribution in [-0.4, -0.2) is 52.9 Å². The minimum Gasteiger partial charge on any atom is -0.378 e. The Balaban J connectivity index is 1.68. The predicted molar refractivity (Wildman–Crippen MR) is 84.8 cm³/mol. The first-order chi connectivity index (χ1) is 10.9. The van der Waals surface area contributed by atoms with E-state index in [0.717, 1.165) is 18.8 Å².